The fraction of sp³-hybridized carbons (Fsp3) is 0.400. The van der Waals surface area contributed by atoms with Crippen LogP contribution in [0.4, 0.5) is 5.69 Å². The number of hydrogen-bond donors (Lipinski definition) is 1. The number of nitrogens with zero attached hydrogens (tertiary/aromatic N) is 1. The van der Waals surface area contributed by atoms with Crippen LogP contribution in [-0.4, -0.2) is 31.4 Å². The minimum Gasteiger partial charge on any atom is -0.392 e. The van der Waals surface area contributed by atoms with Crippen molar-refractivity contribution in [1.82, 2.24) is 0 Å². The van der Waals surface area contributed by atoms with Crippen molar-refractivity contribution in [2.75, 3.05) is 31.2 Å². The Balaban J connectivity index is 1.80. The van der Waals surface area contributed by atoms with Crippen LogP contribution in [0.5, 0.6) is 0 Å². The monoisotopic (exact) mass is 309 g/mol. The lowest BCUT2D eigenvalue weighted by Crippen LogP contribution is -2.36. The van der Waals surface area contributed by atoms with Gasteiger partial charge in [-0.1, -0.05) is 25.1 Å². The number of rotatable bonds is 3. The van der Waals surface area contributed by atoms with Crippen LogP contribution in [0.3, 0.4) is 0 Å². The molecule has 1 aliphatic heterocycles. The maximum atomic E-state index is 9.48. The number of aliphatic hydroxyl groups excluding tert-OH is 1. The van der Waals surface area contributed by atoms with Crippen LogP contribution in [0.15, 0.2) is 36.4 Å². The summed E-state index contributed by atoms with van der Waals surface area (Å²) in [6.07, 6.45) is 1.11. The van der Waals surface area contributed by atoms with Crippen LogP contribution in [0.2, 0.25) is 0 Å². The molecular formula is C20H23NO2. The lowest BCUT2D eigenvalue weighted by Gasteiger charge is -2.29. The Bertz CT molecular complexity index is 720. The number of hydrogen-bond acceptors (Lipinski definition) is 3. The van der Waals surface area contributed by atoms with Crippen LogP contribution in [-0.2, 0) is 11.3 Å². The second-order valence-corrected chi connectivity index (χ2v) is 6.41. The molecule has 1 saturated heterocycles. The molecule has 3 nitrogen and oxygen atoms in total. The normalized spacial score (nSPS) is 19.6. The Morgan fingerprint density at radius 1 is 1.04 bits per heavy atom. The van der Waals surface area contributed by atoms with Crippen molar-refractivity contribution >= 4 is 5.69 Å². The summed E-state index contributed by atoms with van der Waals surface area (Å²) in [5.74, 6) is 0.478. The molecule has 0 spiro atoms. The van der Waals surface area contributed by atoms with Crippen LogP contribution >= 0.6 is 0 Å². The van der Waals surface area contributed by atoms with Gasteiger partial charge in [-0.2, -0.15) is 0 Å². The lowest BCUT2D eigenvalue weighted by atomic mass is 9.94. The van der Waals surface area contributed by atoms with E-state index in [1.807, 2.05) is 0 Å². The zero-order valence-corrected chi connectivity index (χ0v) is 13.6. The van der Waals surface area contributed by atoms with Gasteiger partial charge in [0.25, 0.3) is 0 Å². The molecule has 120 valence electrons. The Morgan fingerprint density at radius 3 is 2.43 bits per heavy atom. The summed E-state index contributed by atoms with van der Waals surface area (Å²) in [7, 11) is 0. The third-order valence-corrected chi connectivity index (χ3v) is 5.16. The quantitative estimate of drug-likeness (QED) is 0.941. The second kappa shape index (κ2) is 5.99. The van der Waals surface area contributed by atoms with Crippen molar-refractivity contribution in [3.05, 3.63) is 53.1 Å². The zero-order valence-electron chi connectivity index (χ0n) is 13.6. The van der Waals surface area contributed by atoms with Gasteiger partial charge in [-0.25, -0.2) is 0 Å². The molecule has 1 heterocycles. The van der Waals surface area contributed by atoms with E-state index in [4.69, 9.17) is 4.74 Å². The summed E-state index contributed by atoms with van der Waals surface area (Å²) < 4.78 is 5.47. The van der Waals surface area contributed by atoms with E-state index in [2.05, 4.69) is 48.2 Å². The summed E-state index contributed by atoms with van der Waals surface area (Å²) >= 11 is 0. The van der Waals surface area contributed by atoms with Crippen molar-refractivity contribution in [3.8, 4) is 11.1 Å². The molecule has 2 aromatic carbocycles. The molecule has 3 heteroatoms. The van der Waals surface area contributed by atoms with Gasteiger partial charge in [-0.05, 0) is 52.4 Å². The van der Waals surface area contributed by atoms with E-state index in [1.54, 1.807) is 0 Å². The molecule has 0 saturated carbocycles. The highest BCUT2D eigenvalue weighted by molar-refractivity contribution is 5.82. The van der Waals surface area contributed by atoms with E-state index in [0.717, 1.165) is 38.3 Å². The molecule has 0 amide bonds. The second-order valence-electron chi connectivity index (χ2n) is 6.41. The number of fused-ring (bicyclic) bond motifs is 3. The average molecular weight is 309 g/mol. The van der Waals surface area contributed by atoms with Crippen molar-refractivity contribution in [3.63, 3.8) is 0 Å². The number of ether oxygens (including phenoxy) is 1. The predicted octanol–water partition coefficient (Wildman–Crippen LogP) is 3.54. The molecule has 0 bridgehead atoms. The highest BCUT2D eigenvalue weighted by Gasteiger charge is 2.28. The molecule has 2 aliphatic rings. The van der Waals surface area contributed by atoms with E-state index in [9.17, 15) is 5.11 Å². The molecule has 1 N–H and O–H groups in total. The average Bonchev–Trinajstić information content (AvgIpc) is 2.94. The topological polar surface area (TPSA) is 32.7 Å². The van der Waals surface area contributed by atoms with E-state index in [-0.39, 0.29) is 6.61 Å². The fourth-order valence-corrected chi connectivity index (χ4v) is 3.95. The van der Waals surface area contributed by atoms with Crippen molar-refractivity contribution < 1.29 is 9.84 Å². The van der Waals surface area contributed by atoms with Gasteiger partial charge in [-0.3, -0.25) is 0 Å². The molecule has 4 rings (SSSR count). The third-order valence-electron chi connectivity index (χ3n) is 5.16. The van der Waals surface area contributed by atoms with Crippen LogP contribution in [0.25, 0.3) is 11.1 Å². The maximum absolute atomic E-state index is 9.48. The Morgan fingerprint density at radius 2 is 1.74 bits per heavy atom. The van der Waals surface area contributed by atoms with Gasteiger partial charge in [-0.15, -0.1) is 0 Å². The highest BCUT2D eigenvalue weighted by Crippen LogP contribution is 2.47. The van der Waals surface area contributed by atoms with Crippen molar-refractivity contribution in [2.24, 2.45) is 0 Å². The Kier molecular flexibility index (Phi) is 3.83. The Labute approximate surface area is 137 Å². The van der Waals surface area contributed by atoms with Crippen LogP contribution in [0.1, 0.15) is 36.0 Å². The summed E-state index contributed by atoms with van der Waals surface area (Å²) in [4.78, 5) is 2.40. The zero-order chi connectivity index (χ0) is 15.8. The summed E-state index contributed by atoms with van der Waals surface area (Å²) in [5.41, 5.74) is 7.74. The molecular weight excluding hydrogens is 286 g/mol. The first-order valence-corrected chi connectivity index (χ1v) is 8.52. The van der Waals surface area contributed by atoms with E-state index in [1.165, 1.54) is 27.9 Å². The van der Waals surface area contributed by atoms with Gasteiger partial charge in [0.15, 0.2) is 0 Å². The number of benzene rings is 2. The van der Waals surface area contributed by atoms with E-state index < -0.39 is 0 Å². The Hall–Kier alpha value is -1.84. The molecule has 2 aromatic rings. The molecule has 0 aromatic heterocycles. The summed E-state index contributed by atoms with van der Waals surface area (Å²) in [6, 6.07) is 13.3. The maximum Gasteiger partial charge on any atom is 0.0682 e. The van der Waals surface area contributed by atoms with Gasteiger partial charge >= 0.3 is 0 Å². The number of anilines is 1. The van der Waals surface area contributed by atoms with E-state index in [0.29, 0.717) is 5.92 Å². The van der Waals surface area contributed by atoms with Crippen LogP contribution < -0.4 is 4.90 Å². The lowest BCUT2D eigenvalue weighted by molar-refractivity contribution is 0.122. The smallest absolute Gasteiger partial charge is 0.0682 e. The van der Waals surface area contributed by atoms with Crippen molar-refractivity contribution in [2.45, 2.75) is 25.9 Å². The highest BCUT2D eigenvalue weighted by atomic mass is 16.5. The molecule has 0 radical (unpaired) electrons. The SMILES string of the molecule is CCC1c2ccc(CO)cc2-c2cc(N3CCOCC3)ccc21. The minimum atomic E-state index is 0.0998. The van der Waals surface area contributed by atoms with Gasteiger partial charge < -0.3 is 14.7 Å². The third kappa shape index (κ3) is 2.44. The van der Waals surface area contributed by atoms with Gasteiger partial charge in [0.1, 0.15) is 0 Å². The molecule has 1 unspecified atom stereocenters. The number of aliphatic hydroxyl groups is 1. The fourth-order valence-electron chi connectivity index (χ4n) is 3.95. The summed E-state index contributed by atoms with van der Waals surface area (Å²) in [5, 5.41) is 9.48. The van der Waals surface area contributed by atoms with Crippen LogP contribution in [0, 0.1) is 0 Å². The largest absolute Gasteiger partial charge is 0.392 e. The standard InChI is InChI=1S/C20H23NO2/c1-2-16-17-5-3-14(13-22)11-19(17)20-12-15(4-6-18(16)20)21-7-9-23-10-8-21/h3-6,11-12,16,22H,2,7-10,13H2,1H3. The molecule has 1 aliphatic carbocycles. The molecule has 1 fully saturated rings. The predicted molar refractivity (Wildman–Crippen MR) is 93.0 cm³/mol. The van der Waals surface area contributed by atoms with Gasteiger partial charge in [0.05, 0.1) is 19.8 Å². The van der Waals surface area contributed by atoms with Gasteiger partial charge in [0.2, 0.25) is 0 Å². The van der Waals surface area contributed by atoms with Crippen molar-refractivity contribution in [1.29, 1.82) is 0 Å². The molecule has 23 heavy (non-hydrogen) atoms. The van der Waals surface area contributed by atoms with Gasteiger partial charge in [0, 0.05) is 24.7 Å². The minimum absolute atomic E-state index is 0.0998. The number of morpholine rings is 1. The first-order chi connectivity index (χ1) is 11.3. The van der Waals surface area contributed by atoms with E-state index >= 15 is 0 Å². The first-order valence-electron chi connectivity index (χ1n) is 8.52. The first kappa shape index (κ1) is 14.7. The summed E-state index contributed by atoms with van der Waals surface area (Å²) in [6.45, 7) is 5.88. The molecule has 1 atom stereocenters.